The molecule has 0 aliphatic carbocycles. The molecule has 4 N–H and O–H groups in total. The first-order valence-corrected chi connectivity index (χ1v) is 5.32. The van der Waals surface area contributed by atoms with Gasteiger partial charge in [0.25, 0.3) is 0 Å². The quantitative estimate of drug-likeness (QED) is 0.663. The van der Waals surface area contributed by atoms with Crippen LogP contribution in [0, 0.1) is 0 Å². The Morgan fingerprint density at radius 2 is 2.06 bits per heavy atom. The second-order valence-electron chi connectivity index (χ2n) is 4.39. The summed E-state index contributed by atoms with van der Waals surface area (Å²) in [6.45, 7) is 4.05. The molecule has 0 saturated carbocycles. The lowest BCUT2D eigenvalue weighted by Crippen LogP contribution is -2.67. The minimum absolute atomic E-state index is 0.180. The van der Waals surface area contributed by atoms with Gasteiger partial charge in [-0.15, -0.1) is 0 Å². The van der Waals surface area contributed by atoms with Crippen molar-refractivity contribution in [1.82, 2.24) is 15.3 Å². The van der Waals surface area contributed by atoms with Crippen LogP contribution in [0.15, 0.2) is 6.07 Å². The monoisotopic (exact) mass is 222 g/mol. The van der Waals surface area contributed by atoms with E-state index in [0.717, 1.165) is 24.7 Å². The van der Waals surface area contributed by atoms with Crippen LogP contribution in [0.2, 0.25) is 0 Å². The second kappa shape index (κ2) is 3.79. The van der Waals surface area contributed by atoms with Crippen LogP contribution in [0.4, 0.5) is 17.6 Å². The lowest BCUT2D eigenvalue weighted by molar-refractivity contribution is 0.301. The van der Waals surface area contributed by atoms with Crippen molar-refractivity contribution in [3.8, 4) is 0 Å². The Morgan fingerprint density at radius 1 is 1.38 bits per heavy atom. The van der Waals surface area contributed by atoms with E-state index in [9.17, 15) is 0 Å². The Labute approximate surface area is 95.3 Å². The van der Waals surface area contributed by atoms with Crippen molar-refractivity contribution in [3.63, 3.8) is 0 Å². The number of anilines is 3. The molecular weight excluding hydrogens is 204 g/mol. The van der Waals surface area contributed by atoms with E-state index in [2.05, 4.69) is 32.4 Å². The molecule has 0 spiro atoms. The number of nitrogens with zero attached hydrogens (tertiary/aromatic N) is 3. The summed E-state index contributed by atoms with van der Waals surface area (Å²) < 4.78 is 0. The highest BCUT2D eigenvalue weighted by atomic mass is 15.3. The highest BCUT2D eigenvalue weighted by Crippen LogP contribution is 2.27. The number of likely N-dealkylation sites (N-methyl/N-ethyl adjacent to an activating group) is 1. The normalized spacial score (nSPS) is 18.1. The number of hydrogen-bond donors (Lipinski definition) is 3. The van der Waals surface area contributed by atoms with E-state index in [0.29, 0.717) is 5.95 Å². The second-order valence-corrected chi connectivity index (χ2v) is 4.39. The van der Waals surface area contributed by atoms with Gasteiger partial charge in [-0.2, -0.15) is 9.97 Å². The lowest BCUT2D eigenvalue weighted by atomic mass is 9.92. The van der Waals surface area contributed by atoms with Gasteiger partial charge in [-0.25, -0.2) is 0 Å². The fourth-order valence-corrected chi connectivity index (χ4v) is 1.86. The van der Waals surface area contributed by atoms with Gasteiger partial charge < -0.3 is 21.3 Å². The van der Waals surface area contributed by atoms with Crippen molar-refractivity contribution in [3.05, 3.63) is 6.07 Å². The molecule has 1 aromatic rings. The number of nitrogen functional groups attached to an aromatic ring is 1. The number of nitrogens with two attached hydrogens (primary N) is 1. The summed E-state index contributed by atoms with van der Waals surface area (Å²) in [5.41, 5.74) is 5.83. The summed E-state index contributed by atoms with van der Waals surface area (Å²) in [5.74, 6) is 1.94. The topological polar surface area (TPSA) is 79.1 Å². The third-order valence-electron chi connectivity index (χ3n) is 2.99. The van der Waals surface area contributed by atoms with E-state index in [1.807, 2.05) is 20.2 Å². The molecule has 0 unspecified atom stereocenters. The maximum atomic E-state index is 5.65. The first kappa shape index (κ1) is 10.9. The highest BCUT2D eigenvalue weighted by molar-refractivity contribution is 5.54. The molecular formula is C10H18N6. The van der Waals surface area contributed by atoms with Crippen LogP contribution in [-0.4, -0.2) is 42.7 Å². The van der Waals surface area contributed by atoms with Crippen LogP contribution in [0.3, 0.4) is 0 Å². The number of nitrogens with one attached hydrogen (secondary N) is 2. The molecule has 6 nitrogen and oxygen atoms in total. The number of rotatable bonds is 3. The summed E-state index contributed by atoms with van der Waals surface area (Å²) in [5, 5.41) is 6.26. The average molecular weight is 222 g/mol. The third kappa shape index (κ3) is 1.88. The Balaban J connectivity index is 2.14. The molecule has 1 aliphatic rings. The molecule has 88 valence electrons. The van der Waals surface area contributed by atoms with Gasteiger partial charge >= 0.3 is 0 Å². The molecule has 2 heterocycles. The minimum atomic E-state index is 0.180. The van der Waals surface area contributed by atoms with E-state index in [-0.39, 0.29) is 5.54 Å². The zero-order valence-electron chi connectivity index (χ0n) is 9.91. The maximum absolute atomic E-state index is 5.65. The van der Waals surface area contributed by atoms with Crippen LogP contribution in [0.1, 0.15) is 6.92 Å². The molecule has 0 atom stereocenters. The Kier molecular flexibility index (Phi) is 2.59. The summed E-state index contributed by atoms with van der Waals surface area (Å²) in [6.07, 6.45) is 0. The molecule has 1 fully saturated rings. The van der Waals surface area contributed by atoms with E-state index in [1.165, 1.54) is 0 Å². The minimum Gasteiger partial charge on any atom is -0.373 e. The van der Waals surface area contributed by atoms with Crippen molar-refractivity contribution in [2.24, 2.45) is 0 Å². The first-order chi connectivity index (χ1) is 7.56. The van der Waals surface area contributed by atoms with Crippen LogP contribution >= 0.6 is 0 Å². The van der Waals surface area contributed by atoms with Gasteiger partial charge in [0.1, 0.15) is 11.6 Å². The zero-order chi connectivity index (χ0) is 11.8. The van der Waals surface area contributed by atoms with Crippen molar-refractivity contribution >= 4 is 17.6 Å². The first-order valence-electron chi connectivity index (χ1n) is 5.32. The Bertz CT molecular complexity index is 385. The van der Waals surface area contributed by atoms with Crippen molar-refractivity contribution < 1.29 is 0 Å². The van der Waals surface area contributed by atoms with Gasteiger partial charge in [0.2, 0.25) is 5.95 Å². The Morgan fingerprint density at radius 3 is 2.62 bits per heavy atom. The predicted molar refractivity (Wildman–Crippen MR) is 65.7 cm³/mol. The van der Waals surface area contributed by atoms with Crippen LogP contribution in [-0.2, 0) is 0 Å². The van der Waals surface area contributed by atoms with Crippen molar-refractivity contribution in [1.29, 1.82) is 0 Å². The number of aromatic nitrogens is 2. The SMILES string of the molecule is CNc1cc(N2CC(C)(NC)C2)nc(N)n1. The molecule has 16 heavy (non-hydrogen) atoms. The van der Waals surface area contributed by atoms with Crippen molar-refractivity contribution in [2.45, 2.75) is 12.5 Å². The van der Waals surface area contributed by atoms with E-state index in [4.69, 9.17) is 5.73 Å². The van der Waals surface area contributed by atoms with Crippen LogP contribution in [0.5, 0.6) is 0 Å². The summed E-state index contributed by atoms with van der Waals surface area (Å²) in [4.78, 5) is 10.5. The van der Waals surface area contributed by atoms with Gasteiger partial charge in [0, 0.05) is 26.2 Å². The van der Waals surface area contributed by atoms with Gasteiger partial charge in [-0.05, 0) is 14.0 Å². The molecule has 0 radical (unpaired) electrons. The maximum Gasteiger partial charge on any atom is 0.223 e. The molecule has 6 heteroatoms. The predicted octanol–water partition coefficient (Wildman–Crippen LogP) is -0.101. The van der Waals surface area contributed by atoms with Gasteiger partial charge in [0.05, 0.1) is 5.54 Å². The highest BCUT2D eigenvalue weighted by Gasteiger charge is 2.38. The van der Waals surface area contributed by atoms with Crippen LogP contribution < -0.4 is 21.3 Å². The van der Waals surface area contributed by atoms with Gasteiger partial charge in [-0.1, -0.05) is 0 Å². The molecule has 0 aromatic carbocycles. The average Bonchev–Trinajstić information content (AvgIpc) is 2.23. The van der Waals surface area contributed by atoms with Crippen LogP contribution in [0.25, 0.3) is 0 Å². The molecule has 0 bridgehead atoms. The van der Waals surface area contributed by atoms with Gasteiger partial charge in [0.15, 0.2) is 0 Å². The summed E-state index contributed by atoms with van der Waals surface area (Å²) >= 11 is 0. The van der Waals surface area contributed by atoms with E-state index < -0.39 is 0 Å². The Hall–Kier alpha value is -1.56. The fraction of sp³-hybridized carbons (Fsp3) is 0.600. The standard InChI is InChI=1S/C10H18N6/c1-10(13-3)5-16(6-10)8-4-7(12-2)14-9(11)15-8/h4,13H,5-6H2,1-3H3,(H3,11,12,14,15). The van der Waals surface area contributed by atoms with Crippen molar-refractivity contribution in [2.75, 3.05) is 43.1 Å². The van der Waals surface area contributed by atoms with E-state index >= 15 is 0 Å². The molecule has 0 amide bonds. The number of hydrogen-bond acceptors (Lipinski definition) is 6. The summed E-state index contributed by atoms with van der Waals surface area (Å²) in [6, 6.07) is 1.91. The smallest absolute Gasteiger partial charge is 0.223 e. The summed E-state index contributed by atoms with van der Waals surface area (Å²) in [7, 11) is 3.80. The molecule has 1 saturated heterocycles. The third-order valence-corrected chi connectivity index (χ3v) is 2.99. The molecule has 1 aliphatic heterocycles. The molecule has 1 aromatic heterocycles. The van der Waals surface area contributed by atoms with Gasteiger partial charge in [-0.3, -0.25) is 0 Å². The lowest BCUT2D eigenvalue weighted by Gasteiger charge is -2.48. The largest absolute Gasteiger partial charge is 0.373 e. The zero-order valence-corrected chi connectivity index (χ0v) is 9.91. The molecule has 2 rings (SSSR count). The van der Waals surface area contributed by atoms with E-state index in [1.54, 1.807) is 0 Å². The fourth-order valence-electron chi connectivity index (χ4n) is 1.86.